The first-order chi connectivity index (χ1) is 11.1. The van der Waals surface area contributed by atoms with E-state index in [1.165, 1.54) is 0 Å². The molecule has 0 spiro atoms. The number of halogens is 2. The van der Waals surface area contributed by atoms with Crippen molar-refractivity contribution in [1.29, 1.82) is 0 Å². The Kier molecular flexibility index (Phi) is 6.39. The van der Waals surface area contributed by atoms with Crippen molar-refractivity contribution >= 4 is 46.2 Å². The number of rotatable bonds is 3. The molecule has 0 saturated heterocycles. The molecule has 2 unspecified atom stereocenters. The summed E-state index contributed by atoms with van der Waals surface area (Å²) in [6.07, 6.45) is 8.27. The van der Waals surface area contributed by atoms with Crippen molar-refractivity contribution in [3.05, 3.63) is 82.9 Å². The molecule has 0 heterocycles. The summed E-state index contributed by atoms with van der Waals surface area (Å²) in [5, 5.41) is 0. The van der Waals surface area contributed by atoms with Gasteiger partial charge in [0.15, 0.2) is 0 Å². The number of allylic oxidation sites excluding steroid dienone is 2. The molecule has 0 fully saturated rings. The third kappa shape index (κ3) is 3.17. The van der Waals surface area contributed by atoms with E-state index in [-0.39, 0.29) is 32.1 Å². The van der Waals surface area contributed by atoms with E-state index in [1.807, 2.05) is 24.3 Å². The van der Waals surface area contributed by atoms with Gasteiger partial charge in [-0.15, -0.1) is 24.8 Å². The maximum atomic E-state index is 12.4. The van der Waals surface area contributed by atoms with Crippen LogP contribution in [0.4, 0.5) is 0 Å². The molecule has 0 aliphatic heterocycles. The van der Waals surface area contributed by atoms with Crippen LogP contribution in [0.15, 0.2) is 60.7 Å². The van der Waals surface area contributed by atoms with Gasteiger partial charge in [0.05, 0.1) is 0 Å². The number of hydrogen-bond donors (Lipinski definition) is 0. The summed E-state index contributed by atoms with van der Waals surface area (Å²) in [5.41, 5.74) is 4.54. The van der Waals surface area contributed by atoms with E-state index in [4.69, 9.17) is 0 Å². The van der Waals surface area contributed by atoms with Gasteiger partial charge in [0, 0.05) is 0 Å². The van der Waals surface area contributed by atoms with E-state index in [2.05, 4.69) is 52.8 Å². The van der Waals surface area contributed by atoms with Crippen LogP contribution in [0, 0.1) is 0 Å². The second-order valence-electron chi connectivity index (χ2n) is 6.18. The zero-order chi connectivity index (χ0) is 16.0. The van der Waals surface area contributed by atoms with Gasteiger partial charge in [0.25, 0.3) is 0 Å². The Hall–Kier alpha value is -0.847. The second-order valence-corrected chi connectivity index (χ2v) is 22.2. The van der Waals surface area contributed by atoms with Crippen molar-refractivity contribution < 1.29 is 28.3 Å². The van der Waals surface area contributed by atoms with Gasteiger partial charge < -0.3 is 0 Å². The number of hydrogen-bond acceptors (Lipinski definition) is 2. The van der Waals surface area contributed by atoms with Crippen LogP contribution in [0.2, 0.25) is 0 Å². The molecule has 0 N–H and O–H groups in total. The first-order valence-corrected chi connectivity index (χ1v) is 16.7. The molecule has 6 heteroatoms. The Morgan fingerprint density at radius 3 is 1.56 bits per heavy atom. The molecule has 2 aromatic rings. The van der Waals surface area contributed by atoms with E-state index in [1.54, 1.807) is 0 Å². The Bertz CT molecular complexity index is 905. The van der Waals surface area contributed by atoms with Crippen LogP contribution in [0.1, 0.15) is 29.5 Å². The summed E-state index contributed by atoms with van der Waals surface area (Å²) < 4.78 is 29.2. The van der Waals surface area contributed by atoms with Crippen LogP contribution in [0.3, 0.4) is 0 Å². The molecular formula is C19H18Cl2O2PZr. The van der Waals surface area contributed by atoms with Crippen LogP contribution in [0.25, 0.3) is 12.2 Å². The zero-order valence-corrected chi connectivity index (χ0v) is 18.4. The molecule has 2 aliphatic carbocycles. The SMILES string of the molecule is Cl.Cl.[CH2]=[Zr]([CH]1C=Cc2ccccc21)([CH]1C=Cc2ccccc21)[P](=O)=O. The standard InChI is InChI=1S/2C9H7.CH2.2ClH.O2P.Zr/c2*1-2-5-9-7-3-6-8(9)4-1;;;;1-3-2;/h2*1-7H;1H2;2*1H;;. The van der Waals surface area contributed by atoms with Crippen molar-refractivity contribution in [2.45, 2.75) is 7.25 Å². The monoisotopic (exact) mass is 469 g/mol. The minimum atomic E-state index is -3.86. The predicted octanol–water partition coefficient (Wildman–Crippen LogP) is 6.04. The van der Waals surface area contributed by atoms with Crippen molar-refractivity contribution in [1.82, 2.24) is 0 Å². The van der Waals surface area contributed by atoms with Gasteiger partial charge in [-0.1, -0.05) is 0 Å². The average Bonchev–Trinajstić information content (AvgIpc) is 3.18. The number of benzene rings is 2. The first-order valence-electron chi connectivity index (χ1n) is 7.66. The topological polar surface area (TPSA) is 34.1 Å². The summed E-state index contributed by atoms with van der Waals surface area (Å²) in [6.45, 7) is 0. The summed E-state index contributed by atoms with van der Waals surface area (Å²) in [5.74, 6) is 0. The van der Waals surface area contributed by atoms with E-state index >= 15 is 0 Å². The van der Waals surface area contributed by atoms with Gasteiger partial charge in [-0.2, -0.15) is 0 Å². The average molecular weight is 471 g/mol. The molecule has 0 saturated carbocycles. The van der Waals surface area contributed by atoms with Gasteiger partial charge in [-0.25, -0.2) is 0 Å². The Morgan fingerprint density at radius 2 is 1.16 bits per heavy atom. The molecule has 25 heavy (non-hydrogen) atoms. The Balaban J connectivity index is 0.00000113. The molecule has 129 valence electrons. The van der Waals surface area contributed by atoms with Gasteiger partial charge in [0.2, 0.25) is 0 Å². The van der Waals surface area contributed by atoms with E-state index in [9.17, 15) is 9.13 Å². The molecule has 2 aromatic carbocycles. The normalized spacial score (nSPS) is 21.4. The Morgan fingerprint density at radius 1 is 0.760 bits per heavy atom. The second kappa shape index (κ2) is 7.81. The quantitative estimate of drug-likeness (QED) is 0.512. The van der Waals surface area contributed by atoms with E-state index in [0.717, 1.165) is 22.3 Å². The summed E-state index contributed by atoms with van der Waals surface area (Å²) >= 11 is -3.86. The van der Waals surface area contributed by atoms with Crippen LogP contribution in [-0.2, 0) is 28.3 Å². The number of fused-ring (bicyclic) bond motifs is 2. The van der Waals surface area contributed by atoms with Gasteiger partial charge in [0.1, 0.15) is 0 Å². The molecule has 0 radical (unpaired) electrons. The van der Waals surface area contributed by atoms with Crippen molar-refractivity contribution in [2.75, 3.05) is 0 Å². The molecular weight excluding hydrogens is 453 g/mol. The van der Waals surface area contributed by atoms with Crippen molar-refractivity contribution in [2.24, 2.45) is 0 Å². The van der Waals surface area contributed by atoms with Gasteiger partial charge in [-0.05, 0) is 0 Å². The molecule has 0 amide bonds. The fourth-order valence-electron chi connectivity index (χ4n) is 3.79. The first kappa shape index (κ1) is 20.5. The third-order valence-electron chi connectivity index (χ3n) is 5.02. The zero-order valence-electron chi connectivity index (χ0n) is 13.4. The third-order valence-corrected chi connectivity index (χ3v) is 21.8. The van der Waals surface area contributed by atoms with Crippen LogP contribution in [-0.4, -0.2) is 4.21 Å². The van der Waals surface area contributed by atoms with Crippen LogP contribution >= 0.6 is 29.8 Å². The van der Waals surface area contributed by atoms with Crippen LogP contribution in [0.5, 0.6) is 0 Å². The minimum absolute atomic E-state index is 0. The molecule has 4 rings (SSSR count). The van der Waals surface area contributed by atoms with Crippen molar-refractivity contribution in [3.8, 4) is 0 Å². The fraction of sp³-hybridized carbons (Fsp3) is 0.105. The van der Waals surface area contributed by atoms with E-state index < -0.39 is 24.2 Å². The molecule has 2 aliphatic rings. The van der Waals surface area contributed by atoms with E-state index in [0.29, 0.717) is 0 Å². The van der Waals surface area contributed by atoms with Gasteiger partial charge in [-0.3, -0.25) is 0 Å². The summed E-state index contributed by atoms with van der Waals surface area (Å²) in [4.78, 5) is -2.52. The van der Waals surface area contributed by atoms with Gasteiger partial charge >= 0.3 is 140 Å². The fourth-order valence-corrected chi connectivity index (χ4v) is 17.3. The predicted molar refractivity (Wildman–Crippen MR) is 106 cm³/mol. The van der Waals surface area contributed by atoms with Crippen LogP contribution < -0.4 is 0 Å². The summed E-state index contributed by atoms with van der Waals surface area (Å²) in [6, 6.07) is 16.2. The maximum absolute atomic E-state index is 12.4. The summed E-state index contributed by atoms with van der Waals surface area (Å²) in [7, 11) is 0. The molecule has 0 aromatic heterocycles. The Labute approximate surface area is 163 Å². The molecule has 2 nitrogen and oxygen atoms in total. The molecule has 2 atom stereocenters. The molecule has 0 bridgehead atoms. The van der Waals surface area contributed by atoms with Crippen molar-refractivity contribution in [3.63, 3.8) is 0 Å².